The van der Waals surface area contributed by atoms with E-state index in [1.165, 1.54) is 11.6 Å². The minimum absolute atomic E-state index is 0.0282. The fourth-order valence-electron chi connectivity index (χ4n) is 5.52. The molecule has 1 saturated heterocycles. The molecule has 8 heteroatoms. The second kappa shape index (κ2) is 8.45. The third-order valence-electron chi connectivity index (χ3n) is 7.35. The van der Waals surface area contributed by atoms with E-state index in [4.69, 9.17) is 4.98 Å². The SMILES string of the molecule is CN(C)c1cncc(C2CCC3NNC(c4nc5nccc(-c6ccccc6F)c5[nH]4)C3C2)c1. The molecule has 3 aromatic heterocycles. The zero-order valence-electron chi connectivity index (χ0n) is 19.3. The lowest BCUT2D eigenvalue weighted by Crippen LogP contribution is -2.34. The number of halogens is 1. The molecule has 2 aliphatic rings. The summed E-state index contributed by atoms with van der Waals surface area (Å²) >= 11 is 0. The average Bonchev–Trinajstić information content (AvgIpc) is 3.48. The first kappa shape index (κ1) is 21.2. The average molecular weight is 458 g/mol. The number of hydrogen-bond donors (Lipinski definition) is 3. The summed E-state index contributed by atoms with van der Waals surface area (Å²) in [7, 11) is 4.09. The largest absolute Gasteiger partial charge is 0.376 e. The Bertz CT molecular complexity index is 1330. The Labute approximate surface area is 197 Å². The lowest BCUT2D eigenvalue weighted by molar-refractivity contribution is 0.274. The van der Waals surface area contributed by atoms with Crippen LogP contribution in [0.25, 0.3) is 22.3 Å². The number of anilines is 1. The van der Waals surface area contributed by atoms with Gasteiger partial charge in [-0.15, -0.1) is 0 Å². The standard InChI is InChI=1S/C26H28FN7/c1-34(2)17-11-16(13-28-14-17)15-7-8-22-20(12-15)24(33-32-22)26-30-23-19(9-10-29-25(23)31-26)18-5-3-4-6-21(18)27/h3-6,9-11,13-15,20,22,24,32-33H,7-8,12H2,1-2H3,(H,29,30,31). The number of rotatable bonds is 4. The second-order valence-corrected chi connectivity index (χ2v) is 9.58. The molecule has 7 nitrogen and oxygen atoms in total. The lowest BCUT2D eigenvalue weighted by atomic mass is 9.73. The van der Waals surface area contributed by atoms with Gasteiger partial charge in [0, 0.05) is 43.7 Å². The molecule has 1 aliphatic carbocycles. The summed E-state index contributed by atoms with van der Waals surface area (Å²) < 4.78 is 14.5. The van der Waals surface area contributed by atoms with E-state index in [-0.39, 0.29) is 11.9 Å². The molecule has 174 valence electrons. The van der Waals surface area contributed by atoms with Crippen molar-refractivity contribution in [2.24, 2.45) is 5.92 Å². The van der Waals surface area contributed by atoms with Crippen molar-refractivity contribution in [1.29, 1.82) is 0 Å². The van der Waals surface area contributed by atoms with Gasteiger partial charge in [-0.25, -0.2) is 19.8 Å². The maximum Gasteiger partial charge on any atom is 0.178 e. The van der Waals surface area contributed by atoms with Crippen molar-refractivity contribution in [2.75, 3.05) is 19.0 Å². The van der Waals surface area contributed by atoms with E-state index in [2.05, 4.69) is 36.8 Å². The predicted octanol–water partition coefficient (Wildman–Crippen LogP) is 4.33. The lowest BCUT2D eigenvalue weighted by Gasteiger charge is -2.33. The number of aromatic nitrogens is 4. The number of hydrazine groups is 1. The number of imidazole rings is 1. The fraction of sp³-hybridized carbons (Fsp3) is 0.346. The Morgan fingerprint density at radius 2 is 1.91 bits per heavy atom. The number of pyridine rings is 2. The Morgan fingerprint density at radius 1 is 1.03 bits per heavy atom. The number of benzene rings is 1. The van der Waals surface area contributed by atoms with Crippen molar-refractivity contribution in [1.82, 2.24) is 30.8 Å². The Morgan fingerprint density at radius 3 is 2.76 bits per heavy atom. The van der Waals surface area contributed by atoms with Crippen LogP contribution in [0.3, 0.4) is 0 Å². The van der Waals surface area contributed by atoms with Gasteiger partial charge in [0.15, 0.2) is 5.65 Å². The van der Waals surface area contributed by atoms with E-state index in [1.54, 1.807) is 18.3 Å². The molecule has 4 heterocycles. The zero-order chi connectivity index (χ0) is 23.2. The van der Waals surface area contributed by atoms with Gasteiger partial charge in [-0.1, -0.05) is 18.2 Å². The molecule has 0 amide bonds. The molecule has 4 unspecified atom stereocenters. The number of H-pyrrole nitrogens is 1. The van der Waals surface area contributed by atoms with Gasteiger partial charge in [0.05, 0.1) is 23.4 Å². The van der Waals surface area contributed by atoms with Gasteiger partial charge < -0.3 is 9.88 Å². The molecule has 0 spiro atoms. The molecule has 1 saturated carbocycles. The number of nitrogens with one attached hydrogen (secondary N) is 3. The molecule has 1 aliphatic heterocycles. The maximum absolute atomic E-state index is 14.5. The Balaban J connectivity index is 1.32. The molecule has 6 rings (SSSR count). The molecule has 0 bridgehead atoms. The van der Waals surface area contributed by atoms with Gasteiger partial charge in [-0.3, -0.25) is 10.4 Å². The molecule has 0 radical (unpaired) electrons. The van der Waals surface area contributed by atoms with E-state index in [1.807, 2.05) is 38.6 Å². The first-order valence-electron chi connectivity index (χ1n) is 11.8. The third kappa shape index (κ3) is 3.63. The van der Waals surface area contributed by atoms with Crippen LogP contribution in [-0.2, 0) is 0 Å². The van der Waals surface area contributed by atoms with Gasteiger partial charge in [-0.05, 0) is 54.9 Å². The molecule has 4 aromatic rings. The topological polar surface area (TPSA) is 81.8 Å². The van der Waals surface area contributed by atoms with Crippen LogP contribution in [0, 0.1) is 11.7 Å². The first-order valence-corrected chi connectivity index (χ1v) is 11.8. The van der Waals surface area contributed by atoms with Gasteiger partial charge in [-0.2, -0.15) is 0 Å². The highest BCUT2D eigenvalue weighted by Crippen LogP contribution is 2.44. The summed E-state index contributed by atoms with van der Waals surface area (Å²) in [6.07, 6.45) is 8.86. The van der Waals surface area contributed by atoms with Crippen LogP contribution in [0.5, 0.6) is 0 Å². The summed E-state index contributed by atoms with van der Waals surface area (Å²) in [4.78, 5) is 19.3. The maximum atomic E-state index is 14.5. The van der Waals surface area contributed by atoms with E-state index >= 15 is 0 Å². The van der Waals surface area contributed by atoms with Crippen LogP contribution in [0.4, 0.5) is 10.1 Å². The van der Waals surface area contributed by atoms with Gasteiger partial charge >= 0.3 is 0 Å². The van der Waals surface area contributed by atoms with Crippen LogP contribution < -0.4 is 15.8 Å². The quantitative estimate of drug-likeness (QED) is 0.423. The van der Waals surface area contributed by atoms with Gasteiger partial charge in [0.1, 0.15) is 11.6 Å². The molecular formula is C26H28FN7. The van der Waals surface area contributed by atoms with Crippen molar-refractivity contribution in [3.05, 3.63) is 72.2 Å². The molecule has 2 fully saturated rings. The van der Waals surface area contributed by atoms with E-state index in [0.717, 1.165) is 41.9 Å². The van der Waals surface area contributed by atoms with Crippen LogP contribution in [0.1, 0.15) is 42.6 Å². The molecule has 34 heavy (non-hydrogen) atoms. The monoisotopic (exact) mass is 457 g/mol. The predicted molar refractivity (Wildman–Crippen MR) is 131 cm³/mol. The van der Waals surface area contributed by atoms with E-state index in [0.29, 0.717) is 29.1 Å². The van der Waals surface area contributed by atoms with Gasteiger partial charge in [0.25, 0.3) is 0 Å². The Kier molecular flexibility index (Phi) is 5.27. The summed E-state index contributed by atoms with van der Waals surface area (Å²) in [5.74, 6) is 1.41. The summed E-state index contributed by atoms with van der Waals surface area (Å²) in [5, 5.41) is 0. The molecule has 3 N–H and O–H groups in total. The normalized spacial score (nSPS) is 24.3. The Hall–Kier alpha value is -3.36. The molecule has 4 atom stereocenters. The molecule has 1 aromatic carbocycles. The van der Waals surface area contributed by atoms with Crippen LogP contribution in [-0.4, -0.2) is 40.1 Å². The highest BCUT2D eigenvalue weighted by molar-refractivity contribution is 5.89. The number of nitrogens with zero attached hydrogens (tertiary/aromatic N) is 4. The van der Waals surface area contributed by atoms with Crippen molar-refractivity contribution in [3.8, 4) is 11.1 Å². The minimum atomic E-state index is -0.254. The van der Waals surface area contributed by atoms with Gasteiger partial charge in [0.2, 0.25) is 0 Å². The number of hydrogen-bond acceptors (Lipinski definition) is 6. The molecular weight excluding hydrogens is 429 g/mol. The highest BCUT2D eigenvalue weighted by Gasteiger charge is 2.42. The number of aromatic amines is 1. The smallest absolute Gasteiger partial charge is 0.178 e. The van der Waals surface area contributed by atoms with Crippen LogP contribution >= 0.6 is 0 Å². The second-order valence-electron chi connectivity index (χ2n) is 9.58. The summed E-state index contributed by atoms with van der Waals surface area (Å²) in [5.41, 5.74) is 12.1. The summed E-state index contributed by atoms with van der Waals surface area (Å²) in [6, 6.07) is 11.3. The van der Waals surface area contributed by atoms with Crippen molar-refractivity contribution < 1.29 is 4.39 Å². The van der Waals surface area contributed by atoms with Crippen molar-refractivity contribution in [3.63, 3.8) is 0 Å². The van der Waals surface area contributed by atoms with Crippen molar-refractivity contribution >= 4 is 16.9 Å². The van der Waals surface area contributed by atoms with Crippen molar-refractivity contribution in [2.45, 2.75) is 37.3 Å². The van der Waals surface area contributed by atoms with Crippen LogP contribution in [0.2, 0.25) is 0 Å². The van der Waals surface area contributed by atoms with E-state index < -0.39 is 0 Å². The fourth-order valence-corrected chi connectivity index (χ4v) is 5.52. The highest BCUT2D eigenvalue weighted by atomic mass is 19.1. The van der Waals surface area contributed by atoms with Crippen LogP contribution in [0.15, 0.2) is 55.0 Å². The first-order chi connectivity index (χ1) is 16.6. The minimum Gasteiger partial charge on any atom is -0.376 e. The third-order valence-corrected chi connectivity index (χ3v) is 7.35. The zero-order valence-corrected chi connectivity index (χ0v) is 19.3. The number of fused-ring (bicyclic) bond motifs is 2. The van der Waals surface area contributed by atoms with E-state index in [9.17, 15) is 4.39 Å². The summed E-state index contributed by atoms with van der Waals surface area (Å²) in [6.45, 7) is 0.